The largest absolute Gasteiger partial charge is 0.348 e. The van der Waals surface area contributed by atoms with Gasteiger partial charge in [0.25, 0.3) is 5.91 Å². The van der Waals surface area contributed by atoms with E-state index in [4.69, 9.17) is 4.98 Å². The zero-order chi connectivity index (χ0) is 21.4. The quantitative estimate of drug-likeness (QED) is 0.661. The average molecular weight is 444 g/mol. The number of benzene rings is 1. The molecule has 3 aromatic rings. The molecule has 0 atom stereocenters. The normalized spacial score (nSPS) is 14.9. The molecule has 1 N–H and O–H groups in total. The Hall–Kier alpha value is -2.52. The third-order valence-corrected chi connectivity index (χ3v) is 7.44. The summed E-state index contributed by atoms with van der Waals surface area (Å²) in [4.78, 5) is 38.4. The maximum atomic E-state index is 12.7. The SMILES string of the molecule is Cc1ccc2nc(N3CCC(C(=O)Nc4nc(C)c(C(=O)N(C)C)s4)CC3)sc2c1. The van der Waals surface area contributed by atoms with E-state index in [2.05, 4.69) is 40.3 Å². The van der Waals surface area contributed by atoms with Crippen LogP contribution in [0.5, 0.6) is 0 Å². The van der Waals surface area contributed by atoms with Crippen LogP contribution >= 0.6 is 22.7 Å². The number of aryl methyl sites for hydroxylation is 2. The average Bonchev–Trinajstić information content (AvgIpc) is 3.30. The summed E-state index contributed by atoms with van der Waals surface area (Å²) in [5, 5.41) is 4.43. The molecule has 7 nitrogen and oxygen atoms in total. The van der Waals surface area contributed by atoms with E-state index in [1.54, 1.807) is 32.4 Å². The number of aromatic nitrogens is 2. The van der Waals surface area contributed by atoms with Gasteiger partial charge in [-0.25, -0.2) is 9.97 Å². The van der Waals surface area contributed by atoms with Crippen molar-refractivity contribution in [1.29, 1.82) is 0 Å². The van der Waals surface area contributed by atoms with Crippen molar-refractivity contribution in [2.24, 2.45) is 5.92 Å². The Bertz CT molecular complexity index is 1100. The van der Waals surface area contributed by atoms with Crippen LogP contribution in [0.25, 0.3) is 10.2 Å². The number of hydrogen-bond donors (Lipinski definition) is 1. The molecule has 2 amide bonds. The molecule has 0 spiro atoms. The number of carbonyl (C=O) groups is 2. The minimum Gasteiger partial charge on any atom is -0.348 e. The lowest BCUT2D eigenvalue weighted by atomic mass is 9.96. The van der Waals surface area contributed by atoms with E-state index in [9.17, 15) is 9.59 Å². The van der Waals surface area contributed by atoms with Gasteiger partial charge in [-0.1, -0.05) is 28.7 Å². The van der Waals surface area contributed by atoms with Gasteiger partial charge in [0, 0.05) is 33.1 Å². The number of hydrogen-bond acceptors (Lipinski definition) is 7. The Morgan fingerprint density at radius 3 is 2.57 bits per heavy atom. The summed E-state index contributed by atoms with van der Waals surface area (Å²) in [6.45, 7) is 5.49. The maximum absolute atomic E-state index is 12.7. The number of carbonyl (C=O) groups excluding carboxylic acids is 2. The molecule has 0 aliphatic carbocycles. The summed E-state index contributed by atoms with van der Waals surface area (Å²) >= 11 is 2.95. The Balaban J connectivity index is 1.37. The van der Waals surface area contributed by atoms with E-state index in [-0.39, 0.29) is 17.7 Å². The lowest BCUT2D eigenvalue weighted by Crippen LogP contribution is -2.38. The van der Waals surface area contributed by atoms with Crippen molar-refractivity contribution in [3.8, 4) is 0 Å². The molecule has 158 valence electrons. The molecule has 1 saturated heterocycles. The fourth-order valence-electron chi connectivity index (χ4n) is 3.55. The predicted molar refractivity (Wildman–Crippen MR) is 123 cm³/mol. The summed E-state index contributed by atoms with van der Waals surface area (Å²) in [6.07, 6.45) is 1.54. The predicted octanol–water partition coefficient (Wildman–Crippen LogP) is 3.93. The highest BCUT2D eigenvalue weighted by atomic mass is 32.1. The van der Waals surface area contributed by atoms with Crippen LogP contribution in [-0.2, 0) is 4.79 Å². The minimum atomic E-state index is -0.0927. The molecule has 9 heteroatoms. The van der Waals surface area contributed by atoms with Crippen LogP contribution in [0.4, 0.5) is 10.3 Å². The monoisotopic (exact) mass is 443 g/mol. The highest BCUT2D eigenvalue weighted by Crippen LogP contribution is 2.32. The summed E-state index contributed by atoms with van der Waals surface area (Å²) in [5.74, 6) is -0.174. The van der Waals surface area contributed by atoms with Crippen molar-refractivity contribution < 1.29 is 9.59 Å². The van der Waals surface area contributed by atoms with Crippen LogP contribution in [0, 0.1) is 19.8 Å². The zero-order valence-electron chi connectivity index (χ0n) is 17.6. The maximum Gasteiger partial charge on any atom is 0.265 e. The molecule has 0 saturated carbocycles. The van der Waals surface area contributed by atoms with Crippen LogP contribution < -0.4 is 10.2 Å². The van der Waals surface area contributed by atoms with Crippen LogP contribution in [0.1, 0.15) is 33.8 Å². The minimum absolute atomic E-state index is 0.0211. The second kappa shape index (κ2) is 8.31. The summed E-state index contributed by atoms with van der Waals surface area (Å²) in [5.41, 5.74) is 2.92. The number of rotatable bonds is 4. The van der Waals surface area contributed by atoms with Crippen LogP contribution in [0.2, 0.25) is 0 Å². The van der Waals surface area contributed by atoms with Gasteiger partial charge in [0.05, 0.1) is 15.9 Å². The Kier molecular flexibility index (Phi) is 5.75. The van der Waals surface area contributed by atoms with E-state index >= 15 is 0 Å². The number of anilines is 2. The second-order valence-corrected chi connectivity index (χ2v) is 9.86. The number of nitrogens with zero attached hydrogens (tertiary/aromatic N) is 4. The summed E-state index contributed by atoms with van der Waals surface area (Å²) in [6, 6.07) is 6.32. The van der Waals surface area contributed by atoms with E-state index in [0.717, 1.165) is 36.6 Å². The van der Waals surface area contributed by atoms with Crippen LogP contribution in [-0.4, -0.2) is 53.9 Å². The number of piperidine rings is 1. The third kappa shape index (κ3) is 4.17. The fourth-order valence-corrected chi connectivity index (χ4v) is 5.65. The topological polar surface area (TPSA) is 78.4 Å². The van der Waals surface area contributed by atoms with E-state index < -0.39 is 0 Å². The Labute approximate surface area is 183 Å². The van der Waals surface area contributed by atoms with Crippen LogP contribution in [0.15, 0.2) is 18.2 Å². The van der Waals surface area contributed by atoms with Gasteiger partial charge in [0.1, 0.15) is 4.88 Å². The molecule has 1 aromatic carbocycles. The van der Waals surface area contributed by atoms with Crippen molar-refractivity contribution >= 4 is 55.0 Å². The Morgan fingerprint density at radius 1 is 1.13 bits per heavy atom. The van der Waals surface area contributed by atoms with Gasteiger partial charge in [-0.3, -0.25) is 9.59 Å². The molecule has 0 radical (unpaired) electrons. The van der Waals surface area contributed by atoms with E-state index in [0.29, 0.717) is 15.7 Å². The molecule has 3 heterocycles. The van der Waals surface area contributed by atoms with Crippen molar-refractivity contribution in [2.45, 2.75) is 26.7 Å². The molecule has 30 heavy (non-hydrogen) atoms. The van der Waals surface area contributed by atoms with Gasteiger partial charge < -0.3 is 15.1 Å². The molecule has 1 fully saturated rings. The van der Waals surface area contributed by atoms with Gasteiger partial charge in [0.2, 0.25) is 5.91 Å². The summed E-state index contributed by atoms with van der Waals surface area (Å²) in [7, 11) is 3.42. The highest BCUT2D eigenvalue weighted by Gasteiger charge is 2.27. The smallest absolute Gasteiger partial charge is 0.265 e. The first-order chi connectivity index (χ1) is 14.3. The lowest BCUT2D eigenvalue weighted by molar-refractivity contribution is -0.120. The standard InChI is InChI=1S/C21H25N5O2S2/c1-12-5-6-15-16(11-12)29-21(23-15)26-9-7-14(8-10-26)18(27)24-20-22-13(2)17(30-20)19(28)25(3)4/h5-6,11,14H,7-10H2,1-4H3,(H,22,24,27). The molecule has 1 aliphatic heterocycles. The van der Waals surface area contributed by atoms with Crippen molar-refractivity contribution in [1.82, 2.24) is 14.9 Å². The first-order valence-electron chi connectivity index (χ1n) is 9.94. The van der Waals surface area contributed by atoms with E-state index in [1.807, 2.05) is 0 Å². The van der Waals surface area contributed by atoms with Crippen molar-refractivity contribution in [3.05, 3.63) is 34.3 Å². The zero-order valence-corrected chi connectivity index (χ0v) is 19.2. The van der Waals surface area contributed by atoms with Gasteiger partial charge in [-0.2, -0.15) is 0 Å². The molecule has 2 aromatic heterocycles. The molecule has 4 rings (SSSR count). The molecular formula is C21H25N5O2S2. The fraction of sp³-hybridized carbons (Fsp3) is 0.429. The summed E-state index contributed by atoms with van der Waals surface area (Å²) < 4.78 is 1.20. The number of thiazole rings is 2. The Morgan fingerprint density at radius 2 is 1.87 bits per heavy atom. The first kappa shape index (κ1) is 20.7. The van der Waals surface area contributed by atoms with Gasteiger partial charge in [-0.15, -0.1) is 0 Å². The second-order valence-electron chi connectivity index (χ2n) is 7.85. The molecular weight excluding hydrogens is 418 g/mol. The van der Waals surface area contributed by atoms with Crippen molar-refractivity contribution in [3.63, 3.8) is 0 Å². The molecule has 0 bridgehead atoms. The molecule has 0 unspecified atom stereocenters. The van der Waals surface area contributed by atoms with Gasteiger partial charge in [-0.05, 0) is 44.4 Å². The number of fused-ring (bicyclic) bond motifs is 1. The van der Waals surface area contributed by atoms with Crippen LogP contribution in [0.3, 0.4) is 0 Å². The van der Waals surface area contributed by atoms with Gasteiger partial charge in [0.15, 0.2) is 10.3 Å². The number of amides is 2. The third-order valence-electron chi connectivity index (χ3n) is 5.30. The van der Waals surface area contributed by atoms with E-state index in [1.165, 1.54) is 26.5 Å². The highest BCUT2D eigenvalue weighted by molar-refractivity contribution is 7.22. The van der Waals surface area contributed by atoms with Crippen molar-refractivity contribution in [2.75, 3.05) is 37.4 Å². The molecule has 1 aliphatic rings. The van der Waals surface area contributed by atoms with Gasteiger partial charge >= 0.3 is 0 Å². The lowest BCUT2D eigenvalue weighted by Gasteiger charge is -2.30. The first-order valence-corrected chi connectivity index (χ1v) is 11.6. The number of nitrogens with one attached hydrogen (secondary N) is 1.